The summed E-state index contributed by atoms with van der Waals surface area (Å²) in [6, 6.07) is 4.81. The van der Waals surface area contributed by atoms with Gasteiger partial charge in [-0.3, -0.25) is 4.79 Å². The molecule has 1 N–H and O–H groups in total. The van der Waals surface area contributed by atoms with Crippen LogP contribution in [0.4, 0.5) is 13.2 Å². The van der Waals surface area contributed by atoms with Crippen molar-refractivity contribution < 1.29 is 18.0 Å². The third kappa shape index (κ3) is 2.07. The highest BCUT2D eigenvalue weighted by atomic mass is 19.4. The Hall–Kier alpha value is -2.29. The summed E-state index contributed by atoms with van der Waals surface area (Å²) >= 11 is 0. The fraction of sp³-hybridized carbons (Fsp3) is 0.167. The van der Waals surface area contributed by atoms with Crippen LogP contribution in [-0.2, 0) is 6.18 Å². The van der Waals surface area contributed by atoms with Crippen LogP contribution in [0.15, 0.2) is 24.4 Å². The second-order valence-corrected chi connectivity index (χ2v) is 3.72. The Balaban J connectivity index is 2.51. The molecule has 0 unspecified atom stereocenters. The summed E-state index contributed by atoms with van der Waals surface area (Å²) in [5, 5.41) is 8.82. The molecule has 2 aromatic rings. The number of nitrogens with zero attached hydrogens (tertiary/aromatic N) is 1. The van der Waals surface area contributed by atoms with Crippen molar-refractivity contribution in [2.45, 2.75) is 12.6 Å². The van der Waals surface area contributed by atoms with Gasteiger partial charge in [0.2, 0.25) is 0 Å². The average Bonchev–Trinajstić information content (AvgIpc) is 2.70. The molecule has 1 aromatic carbocycles. The Morgan fingerprint density at radius 2 is 2.11 bits per heavy atom. The Bertz CT molecular complexity index is 649. The Morgan fingerprint density at radius 1 is 1.39 bits per heavy atom. The van der Waals surface area contributed by atoms with E-state index in [1.54, 1.807) is 6.07 Å². The first-order chi connectivity index (χ1) is 8.43. The normalized spacial score (nSPS) is 11.4. The SMILES string of the molecule is N#CCC(=O)c1c[nH]c2cc(C(F)(F)F)ccc12. The number of carbonyl (C=O) groups excluding carboxylic acids is 1. The Kier molecular flexibility index (Phi) is 2.83. The first-order valence-electron chi connectivity index (χ1n) is 5.02. The molecule has 0 saturated carbocycles. The van der Waals surface area contributed by atoms with E-state index in [1.165, 1.54) is 12.3 Å². The van der Waals surface area contributed by atoms with Crippen molar-refractivity contribution >= 4 is 16.7 Å². The van der Waals surface area contributed by atoms with E-state index in [1.807, 2.05) is 0 Å². The number of ketones is 1. The van der Waals surface area contributed by atoms with Crippen LogP contribution in [0.2, 0.25) is 0 Å². The fourth-order valence-electron chi connectivity index (χ4n) is 1.70. The van der Waals surface area contributed by atoms with Gasteiger partial charge in [-0.05, 0) is 12.1 Å². The van der Waals surface area contributed by atoms with Crippen LogP contribution in [0.3, 0.4) is 0 Å². The summed E-state index contributed by atoms with van der Waals surface area (Å²) in [6.07, 6.45) is -3.39. The van der Waals surface area contributed by atoms with Crippen LogP contribution in [0, 0.1) is 11.3 Å². The lowest BCUT2D eigenvalue weighted by Crippen LogP contribution is -2.04. The number of Topliss-reactive ketones (excluding diaryl/α,β-unsaturated/α-hetero) is 1. The lowest BCUT2D eigenvalue weighted by Gasteiger charge is -2.06. The maximum Gasteiger partial charge on any atom is 0.416 e. The molecule has 0 radical (unpaired) electrons. The molecule has 6 heteroatoms. The van der Waals surface area contributed by atoms with E-state index < -0.39 is 17.5 Å². The second-order valence-electron chi connectivity index (χ2n) is 3.72. The van der Waals surface area contributed by atoms with E-state index in [4.69, 9.17) is 5.26 Å². The zero-order valence-electron chi connectivity index (χ0n) is 9.01. The number of aromatic amines is 1. The fourth-order valence-corrected chi connectivity index (χ4v) is 1.70. The number of benzene rings is 1. The van der Waals surface area contributed by atoms with E-state index in [-0.39, 0.29) is 17.5 Å². The van der Waals surface area contributed by atoms with Gasteiger partial charge < -0.3 is 4.98 Å². The molecule has 1 heterocycles. The summed E-state index contributed by atoms with van der Waals surface area (Å²) < 4.78 is 37.4. The first kappa shape index (κ1) is 12.2. The van der Waals surface area contributed by atoms with Crippen molar-refractivity contribution in [1.29, 1.82) is 5.26 Å². The predicted molar refractivity (Wildman–Crippen MR) is 57.9 cm³/mol. The molecule has 18 heavy (non-hydrogen) atoms. The lowest BCUT2D eigenvalue weighted by molar-refractivity contribution is -0.137. The third-order valence-corrected chi connectivity index (χ3v) is 2.55. The number of H-pyrrole nitrogens is 1. The molecule has 0 atom stereocenters. The third-order valence-electron chi connectivity index (χ3n) is 2.55. The van der Waals surface area contributed by atoms with Crippen molar-refractivity contribution in [2.75, 3.05) is 0 Å². The summed E-state index contributed by atoms with van der Waals surface area (Å²) in [5.41, 5.74) is -0.317. The second kappa shape index (κ2) is 4.18. The predicted octanol–water partition coefficient (Wildman–Crippen LogP) is 3.28. The molecule has 0 amide bonds. The van der Waals surface area contributed by atoms with E-state index in [9.17, 15) is 18.0 Å². The minimum atomic E-state index is -4.42. The maximum absolute atomic E-state index is 12.5. The Labute approximate surface area is 99.8 Å². The van der Waals surface area contributed by atoms with Crippen molar-refractivity contribution in [3.8, 4) is 6.07 Å². The van der Waals surface area contributed by atoms with Gasteiger partial charge in [-0.15, -0.1) is 0 Å². The van der Waals surface area contributed by atoms with Gasteiger partial charge in [0.1, 0.15) is 0 Å². The van der Waals surface area contributed by atoms with Gasteiger partial charge in [0.15, 0.2) is 5.78 Å². The number of nitrogens with one attached hydrogen (secondary N) is 1. The highest BCUT2D eigenvalue weighted by Crippen LogP contribution is 2.32. The number of fused-ring (bicyclic) bond motifs is 1. The molecule has 0 aliphatic rings. The molecule has 0 bridgehead atoms. The van der Waals surface area contributed by atoms with Crippen LogP contribution in [0.5, 0.6) is 0 Å². The molecule has 0 saturated heterocycles. The highest BCUT2D eigenvalue weighted by Gasteiger charge is 2.30. The van der Waals surface area contributed by atoms with E-state index >= 15 is 0 Å². The van der Waals surface area contributed by atoms with Gasteiger partial charge >= 0.3 is 6.18 Å². The lowest BCUT2D eigenvalue weighted by atomic mass is 10.1. The summed E-state index contributed by atoms with van der Waals surface area (Å²) in [6.45, 7) is 0. The number of hydrogen-bond donors (Lipinski definition) is 1. The number of alkyl halides is 3. The molecule has 0 spiro atoms. The average molecular weight is 252 g/mol. The number of rotatable bonds is 2. The first-order valence-corrected chi connectivity index (χ1v) is 5.02. The van der Waals surface area contributed by atoms with Crippen LogP contribution in [0.1, 0.15) is 22.3 Å². The molecule has 92 valence electrons. The van der Waals surface area contributed by atoms with Crippen molar-refractivity contribution in [3.05, 3.63) is 35.5 Å². The molecular formula is C12H7F3N2O. The number of hydrogen-bond acceptors (Lipinski definition) is 2. The molecule has 2 rings (SSSR count). The highest BCUT2D eigenvalue weighted by molar-refractivity contribution is 6.08. The molecule has 0 aliphatic carbocycles. The molecule has 1 aromatic heterocycles. The standard InChI is InChI=1S/C12H7F3N2O/c13-12(14,15)7-1-2-8-9(11(18)3-4-16)6-17-10(8)5-7/h1-2,5-6,17H,3H2. The van der Waals surface area contributed by atoms with Gasteiger partial charge in [0, 0.05) is 22.7 Å². The topological polar surface area (TPSA) is 56.6 Å². The smallest absolute Gasteiger partial charge is 0.360 e. The van der Waals surface area contributed by atoms with Gasteiger partial charge in [0.25, 0.3) is 0 Å². The number of carbonyl (C=O) groups is 1. The van der Waals surface area contributed by atoms with E-state index in [0.29, 0.717) is 5.39 Å². The largest absolute Gasteiger partial charge is 0.416 e. The Morgan fingerprint density at radius 3 is 2.72 bits per heavy atom. The minimum Gasteiger partial charge on any atom is -0.360 e. The monoisotopic (exact) mass is 252 g/mol. The van der Waals surface area contributed by atoms with Crippen molar-refractivity contribution in [1.82, 2.24) is 4.98 Å². The number of nitriles is 1. The van der Waals surface area contributed by atoms with Crippen LogP contribution in [-0.4, -0.2) is 10.8 Å². The van der Waals surface area contributed by atoms with Crippen molar-refractivity contribution in [2.24, 2.45) is 0 Å². The zero-order chi connectivity index (χ0) is 13.3. The summed E-state index contributed by atoms with van der Waals surface area (Å²) in [4.78, 5) is 14.1. The molecule has 0 fully saturated rings. The van der Waals surface area contributed by atoms with E-state index in [2.05, 4.69) is 4.98 Å². The van der Waals surface area contributed by atoms with Gasteiger partial charge in [-0.25, -0.2) is 0 Å². The molecule has 3 nitrogen and oxygen atoms in total. The van der Waals surface area contributed by atoms with Crippen LogP contribution in [0.25, 0.3) is 10.9 Å². The summed E-state index contributed by atoms with van der Waals surface area (Å²) in [7, 11) is 0. The van der Waals surface area contributed by atoms with E-state index in [0.717, 1.165) is 12.1 Å². The number of halogens is 3. The van der Waals surface area contributed by atoms with Crippen molar-refractivity contribution in [3.63, 3.8) is 0 Å². The molecular weight excluding hydrogens is 245 g/mol. The quantitative estimate of drug-likeness (QED) is 0.834. The molecule has 0 aliphatic heterocycles. The van der Waals surface area contributed by atoms with Crippen LogP contribution < -0.4 is 0 Å². The summed E-state index contributed by atoms with van der Waals surface area (Å²) in [5.74, 6) is -0.413. The minimum absolute atomic E-state index is 0.228. The van der Waals surface area contributed by atoms with Gasteiger partial charge in [-0.2, -0.15) is 18.4 Å². The number of aromatic nitrogens is 1. The maximum atomic E-state index is 12.5. The zero-order valence-corrected chi connectivity index (χ0v) is 9.01. The van der Waals surface area contributed by atoms with Crippen LogP contribution >= 0.6 is 0 Å². The van der Waals surface area contributed by atoms with Gasteiger partial charge in [0.05, 0.1) is 18.1 Å². The van der Waals surface area contributed by atoms with Gasteiger partial charge in [-0.1, -0.05) is 6.07 Å².